The van der Waals surface area contributed by atoms with Crippen molar-refractivity contribution in [2.75, 3.05) is 19.7 Å². The van der Waals surface area contributed by atoms with Gasteiger partial charge in [-0.05, 0) is 45.2 Å². The maximum absolute atomic E-state index is 12.9. The number of piperidine rings is 1. The number of hydrogen-bond donors (Lipinski definition) is 0. The van der Waals surface area contributed by atoms with Gasteiger partial charge in [-0.3, -0.25) is 14.4 Å². The van der Waals surface area contributed by atoms with E-state index in [1.165, 1.54) is 5.56 Å². The third-order valence-corrected chi connectivity index (χ3v) is 5.40. The first kappa shape index (κ1) is 20.3. The van der Waals surface area contributed by atoms with Gasteiger partial charge in [0.2, 0.25) is 0 Å². The molecule has 2 heterocycles. The van der Waals surface area contributed by atoms with Gasteiger partial charge in [0.1, 0.15) is 0 Å². The Morgan fingerprint density at radius 3 is 2.82 bits per heavy atom. The molecule has 0 spiro atoms. The Bertz CT molecular complexity index is 784. The summed E-state index contributed by atoms with van der Waals surface area (Å²) in [5.41, 5.74) is 1.88. The number of allylic oxidation sites excluding steroid dienone is 1. The van der Waals surface area contributed by atoms with Gasteiger partial charge in [0.05, 0.1) is 18.2 Å². The van der Waals surface area contributed by atoms with Gasteiger partial charge in [-0.15, -0.1) is 0 Å². The summed E-state index contributed by atoms with van der Waals surface area (Å²) in [6.45, 7) is 7.81. The monoisotopic (exact) mass is 381 g/mol. The van der Waals surface area contributed by atoms with Crippen LogP contribution in [0.1, 0.15) is 44.2 Å². The maximum atomic E-state index is 12.9. The highest BCUT2D eigenvalue weighted by atomic mass is 16.5. The number of esters is 1. The second kappa shape index (κ2) is 9.69. The molecule has 1 saturated heterocycles. The molecule has 2 aromatic rings. The largest absolute Gasteiger partial charge is 0.466 e. The van der Waals surface area contributed by atoms with Crippen LogP contribution < -0.4 is 0 Å². The van der Waals surface area contributed by atoms with Crippen LogP contribution >= 0.6 is 0 Å². The number of carbonyl (C=O) groups excluding carboxylic acids is 1. The predicted molar refractivity (Wildman–Crippen MR) is 112 cm³/mol. The molecule has 0 amide bonds. The summed E-state index contributed by atoms with van der Waals surface area (Å²) in [7, 11) is 0. The van der Waals surface area contributed by atoms with E-state index >= 15 is 0 Å². The van der Waals surface area contributed by atoms with Crippen molar-refractivity contribution in [1.29, 1.82) is 0 Å². The summed E-state index contributed by atoms with van der Waals surface area (Å²) in [6.07, 6.45) is 10.8. The van der Waals surface area contributed by atoms with Gasteiger partial charge in [0.25, 0.3) is 0 Å². The van der Waals surface area contributed by atoms with Crippen molar-refractivity contribution in [2.24, 2.45) is 5.41 Å². The topological polar surface area (TPSA) is 47.4 Å². The van der Waals surface area contributed by atoms with Crippen molar-refractivity contribution >= 4 is 12.0 Å². The number of nitrogens with zero attached hydrogens (tertiary/aromatic N) is 3. The first-order chi connectivity index (χ1) is 13.6. The van der Waals surface area contributed by atoms with E-state index in [2.05, 4.69) is 47.4 Å². The zero-order chi connectivity index (χ0) is 19.8. The number of aromatic nitrogens is 2. The molecular formula is C23H31N3O2. The van der Waals surface area contributed by atoms with Crippen LogP contribution in [0, 0.1) is 5.41 Å². The highest BCUT2D eigenvalue weighted by molar-refractivity contribution is 5.77. The molecule has 1 aliphatic rings. The number of hydrogen-bond acceptors (Lipinski definition) is 4. The van der Waals surface area contributed by atoms with Crippen molar-refractivity contribution in [3.63, 3.8) is 0 Å². The molecule has 1 fully saturated rings. The maximum Gasteiger partial charge on any atom is 0.313 e. The molecule has 0 radical (unpaired) electrons. The van der Waals surface area contributed by atoms with Crippen molar-refractivity contribution < 1.29 is 9.53 Å². The minimum atomic E-state index is -0.472. The molecule has 150 valence electrons. The number of benzene rings is 1. The Labute approximate surface area is 168 Å². The Hall–Kier alpha value is -2.40. The molecule has 0 N–H and O–H groups in total. The summed E-state index contributed by atoms with van der Waals surface area (Å²) in [5.74, 6) is -0.0679. The SMILES string of the molecule is CCOC(=O)[C@@]1(C/C=C/c2ccccc2)CCCN(Cc2cnn(CC)c2)C1. The van der Waals surface area contributed by atoms with Gasteiger partial charge in [-0.1, -0.05) is 42.5 Å². The summed E-state index contributed by atoms with van der Waals surface area (Å²) in [6, 6.07) is 10.2. The lowest BCUT2D eigenvalue weighted by atomic mass is 9.76. The average molecular weight is 382 g/mol. The molecule has 1 atom stereocenters. The number of rotatable bonds is 8. The standard InChI is InChI=1S/C23H31N3O2/c1-3-26-18-21(16-24-26)17-25-15-9-14-23(19-25,22(27)28-4-2)13-8-12-20-10-6-5-7-11-20/h5-8,10-12,16,18H,3-4,9,13-15,17,19H2,1-2H3/b12-8+/t23-/m0/s1. The highest BCUT2D eigenvalue weighted by Gasteiger charge is 2.42. The molecule has 1 aliphatic heterocycles. The average Bonchev–Trinajstić information content (AvgIpc) is 3.17. The fraction of sp³-hybridized carbons (Fsp3) is 0.478. The molecular weight excluding hydrogens is 350 g/mol. The van der Waals surface area contributed by atoms with Gasteiger partial charge in [0, 0.05) is 31.4 Å². The Morgan fingerprint density at radius 1 is 1.29 bits per heavy atom. The van der Waals surface area contributed by atoms with E-state index in [9.17, 15) is 4.79 Å². The summed E-state index contributed by atoms with van der Waals surface area (Å²) < 4.78 is 7.44. The zero-order valence-corrected chi connectivity index (χ0v) is 17.0. The fourth-order valence-corrected chi connectivity index (χ4v) is 3.97. The van der Waals surface area contributed by atoms with Crippen LogP contribution in [0.15, 0.2) is 48.8 Å². The highest BCUT2D eigenvalue weighted by Crippen LogP contribution is 2.36. The Morgan fingerprint density at radius 2 is 2.11 bits per heavy atom. The van der Waals surface area contributed by atoms with Crippen LogP contribution in [0.3, 0.4) is 0 Å². The molecule has 1 aromatic carbocycles. The number of ether oxygens (including phenoxy) is 1. The normalized spacial score (nSPS) is 20.5. The van der Waals surface area contributed by atoms with Crippen molar-refractivity contribution in [3.8, 4) is 0 Å². The zero-order valence-electron chi connectivity index (χ0n) is 17.0. The lowest BCUT2D eigenvalue weighted by Crippen LogP contribution is -2.48. The van der Waals surface area contributed by atoms with Crippen LogP contribution in [0.5, 0.6) is 0 Å². The minimum Gasteiger partial charge on any atom is -0.466 e. The minimum absolute atomic E-state index is 0.0679. The molecule has 28 heavy (non-hydrogen) atoms. The molecule has 5 nitrogen and oxygen atoms in total. The van der Waals surface area contributed by atoms with Gasteiger partial charge in [-0.2, -0.15) is 5.10 Å². The number of likely N-dealkylation sites (tertiary alicyclic amines) is 1. The van der Waals surface area contributed by atoms with E-state index in [1.807, 2.05) is 36.0 Å². The summed E-state index contributed by atoms with van der Waals surface area (Å²) in [5, 5.41) is 4.37. The first-order valence-corrected chi connectivity index (χ1v) is 10.3. The molecule has 0 bridgehead atoms. The molecule has 0 unspecified atom stereocenters. The van der Waals surface area contributed by atoms with E-state index in [0.717, 1.165) is 44.6 Å². The van der Waals surface area contributed by atoms with Crippen LogP contribution in [-0.2, 0) is 22.6 Å². The van der Waals surface area contributed by atoms with E-state index in [0.29, 0.717) is 13.0 Å². The molecule has 3 rings (SSSR count). The van der Waals surface area contributed by atoms with Crippen LogP contribution in [0.25, 0.3) is 6.08 Å². The van der Waals surface area contributed by atoms with Crippen molar-refractivity contribution in [2.45, 2.75) is 46.2 Å². The van der Waals surface area contributed by atoms with Crippen LogP contribution in [0.2, 0.25) is 0 Å². The lowest BCUT2D eigenvalue weighted by molar-refractivity contribution is -0.159. The second-order valence-corrected chi connectivity index (χ2v) is 7.54. The van der Waals surface area contributed by atoms with Crippen LogP contribution in [-0.4, -0.2) is 40.3 Å². The quantitative estimate of drug-likeness (QED) is 0.645. The third kappa shape index (κ3) is 5.10. The summed E-state index contributed by atoms with van der Waals surface area (Å²) in [4.78, 5) is 15.3. The molecule has 5 heteroatoms. The van der Waals surface area contributed by atoms with Crippen LogP contribution in [0.4, 0.5) is 0 Å². The van der Waals surface area contributed by atoms with E-state index in [4.69, 9.17) is 4.74 Å². The van der Waals surface area contributed by atoms with E-state index in [-0.39, 0.29) is 5.97 Å². The summed E-state index contributed by atoms with van der Waals surface area (Å²) >= 11 is 0. The van der Waals surface area contributed by atoms with Gasteiger partial charge in [0.15, 0.2) is 0 Å². The van der Waals surface area contributed by atoms with Crippen molar-refractivity contribution in [3.05, 3.63) is 59.9 Å². The van der Waals surface area contributed by atoms with E-state index in [1.54, 1.807) is 0 Å². The van der Waals surface area contributed by atoms with Gasteiger partial charge in [-0.25, -0.2) is 0 Å². The molecule has 0 saturated carbocycles. The van der Waals surface area contributed by atoms with Crippen molar-refractivity contribution in [1.82, 2.24) is 14.7 Å². The fourth-order valence-electron chi connectivity index (χ4n) is 3.97. The number of carbonyl (C=O) groups is 1. The van der Waals surface area contributed by atoms with Gasteiger partial charge >= 0.3 is 5.97 Å². The van der Waals surface area contributed by atoms with E-state index < -0.39 is 5.41 Å². The van der Waals surface area contributed by atoms with Gasteiger partial charge < -0.3 is 4.74 Å². The smallest absolute Gasteiger partial charge is 0.313 e. The first-order valence-electron chi connectivity index (χ1n) is 10.3. The lowest BCUT2D eigenvalue weighted by Gasteiger charge is -2.40. The Kier molecular flexibility index (Phi) is 7.04. The molecule has 1 aromatic heterocycles. The second-order valence-electron chi connectivity index (χ2n) is 7.54. The number of aryl methyl sites for hydroxylation is 1. The molecule has 0 aliphatic carbocycles. The predicted octanol–water partition coefficient (Wildman–Crippen LogP) is 4.15. The third-order valence-electron chi connectivity index (χ3n) is 5.40. The Balaban J connectivity index is 1.72.